The van der Waals surface area contributed by atoms with E-state index >= 15 is 0 Å². The van der Waals surface area contributed by atoms with Crippen molar-refractivity contribution in [3.63, 3.8) is 0 Å². The Balaban J connectivity index is 0.00000196. The summed E-state index contributed by atoms with van der Waals surface area (Å²) in [5.74, 6) is -0.743. The van der Waals surface area contributed by atoms with Gasteiger partial charge in [-0.05, 0) is 18.1 Å². The minimum absolute atomic E-state index is 0. The zero-order valence-electron chi connectivity index (χ0n) is 15.1. The summed E-state index contributed by atoms with van der Waals surface area (Å²) in [6, 6.07) is 3.34. The third-order valence-corrected chi connectivity index (χ3v) is 7.04. The fourth-order valence-corrected chi connectivity index (χ4v) is 5.74. The molecule has 3 atom stereocenters. The molecule has 0 aromatic heterocycles. The standard InChI is InChI=1S/C19H24N2O4.BrH/c1-21(2)8-7-18-10-12(22)5-6-19(18,25)14(21)9-11-3-4-13(17(20)24)16(23)15(11)18;/h3-4,14,25H,5-10H2,1-2H3,(H2-,20,23,24);1H/t14-,18-,19-;/m1./s1. The van der Waals surface area contributed by atoms with Crippen LogP contribution in [0.25, 0.3) is 0 Å². The van der Waals surface area contributed by atoms with E-state index < -0.39 is 16.9 Å². The van der Waals surface area contributed by atoms with Crippen LogP contribution >= 0.6 is 0 Å². The summed E-state index contributed by atoms with van der Waals surface area (Å²) in [5, 5.41) is 22.7. The molecule has 3 aliphatic rings. The van der Waals surface area contributed by atoms with Crippen LogP contribution in [0, 0.1) is 0 Å². The number of Topliss-reactive ketones (excluding diaryl/α,β-unsaturated/α-hetero) is 1. The number of primary amides is 1. The van der Waals surface area contributed by atoms with E-state index in [9.17, 15) is 19.8 Å². The second kappa shape index (κ2) is 5.78. The number of aliphatic hydroxyl groups is 1. The lowest BCUT2D eigenvalue weighted by Crippen LogP contribution is -3.00. The molecule has 1 aromatic carbocycles. The lowest BCUT2D eigenvalue weighted by Gasteiger charge is -2.64. The van der Waals surface area contributed by atoms with Crippen LogP contribution in [0.4, 0.5) is 0 Å². The van der Waals surface area contributed by atoms with Crippen LogP contribution in [0.15, 0.2) is 12.1 Å². The molecule has 1 heterocycles. The van der Waals surface area contributed by atoms with Crippen molar-refractivity contribution in [2.24, 2.45) is 5.73 Å². The number of piperidine rings is 1. The van der Waals surface area contributed by atoms with Crippen molar-refractivity contribution in [2.75, 3.05) is 20.6 Å². The quantitative estimate of drug-likeness (QED) is 0.438. The number of nitrogens with two attached hydrogens (primary N) is 1. The van der Waals surface area contributed by atoms with Crippen LogP contribution in [0.5, 0.6) is 5.75 Å². The number of carbonyl (C=O) groups excluding carboxylic acids is 2. The third kappa shape index (κ3) is 2.23. The molecular formula is C19H25BrN2O4. The van der Waals surface area contributed by atoms with Crippen LogP contribution < -0.4 is 22.7 Å². The number of quaternary nitrogens is 1. The number of hydrogen-bond donors (Lipinski definition) is 3. The zero-order valence-corrected chi connectivity index (χ0v) is 16.7. The van der Waals surface area contributed by atoms with Crippen LogP contribution in [0.2, 0.25) is 0 Å². The lowest BCUT2D eigenvalue weighted by molar-refractivity contribution is -0.931. The maximum Gasteiger partial charge on any atom is 0.252 e. The molecule has 2 bridgehead atoms. The van der Waals surface area contributed by atoms with Gasteiger partial charge in [-0.25, -0.2) is 0 Å². The first-order valence-electron chi connectivity index (χ1n) is 8.84. The molecule has 7 heteroatoms. The predicted molar refractivity (Wildman–Crippen MR) is 91.2 cm³/mol. The number of likely N-dealkylation sites (N-methyl/N-ethyl adjacent to an activating group) is 1. The molecule has 4 N–H and O–H groups in total. The Bertz CT molecular complexity index is 809. The van der Waals surface area contributed by atoms with Crippen LogP contribution in [-0.2, 0) is 16.6 Å². The molecule has 0 radical (unpaired) electrons. The molecule has 0 spiro atoms. The van der Waals surface area contributed by atoms with Crippen molar-refractivity contribution in [1.29, 1.82) is 0 Å². The second-order valence-corrected chi connectivity index (χ2v) is 8.55. The highest BCUT2D eigenvalue weighted by molar-refractivity contribution is 5.96. The average molecular weight is 425 g/mol. The van der Waals surface area contributed by atoms with Gasteiger partial charge < -0.3 is 37.4 Å². The van der Waals surface area contributed by atoms with Crippen molar-refractivity contribution in [3.05, 3.63) is 28.8 Å². The van der Waals surface area contributed by atoms with E-state index in [-0.39, 0.29) is 46.5 Å². The molecule has 4 rings (SSSR count). The van der Waals surface area contributed by atoms with Gasteiger partial charge >= 0.3 is 0 Å². The number of benzene rings is 1. The van der Waals surface area contributed by atoms with Gasteiger partial charge in [0.25, 0.3) is 5.91 Å². The van der Waals surface area contributed by atoms with Gasteiger partial charge in [0.1, 0.15) is 23.2 Å². The number of fused-ring (bicyclic) bond motifs is 1. The van der Waals surface area contributed by atoms with E-state index in [0.29, 0.717) is 35.7 Å². The number of likely N-dealkylation sites (tertiary alicyclic amines) is 1. The van der Waals surface area contributed by atoms with Gasteiger partial charge in [0.2, 0.25) is 0 Å². The SMILES string of the molecule is C[N+]1(C)CC[C@]23CC(=O)CC[C@@]2(O)[C@H]1Cc1ccc(C(N)=O)c(O)c13.[Br-]. The van der Waals surface area contributed by atoms with Crippen molar-refractivity contribution in [3.8, 4) is 5.75 Å². The normalized spacial score (nSPS) is 34.3. The summed E-state index contributed by atoms with van der Waals surface area (Å²) in [4.78, 5) is 24.1. The lowest BCUT2D eigenvalue weighted by atomic mass is 9.48. The molecule has 1 aromatic rings. The second-order valence-electron chi connectivity index (χ2n) is 8.55. The van der Waals surface area contributed by atoms with Gasteiger partial charge in [0.15, 0.2) is 0 Å². The van der Waals surface area contributed by atoms with Gasteiger partial charge in [-0.15, -0.1) is 0 Å². The summed E-state index contributed by atoms with van der Waals surface area (Å²) in [5.41, 5.74) is 5.07. The van der Waals surface area contributed by atoms with E-state index in [1.165, 1.54) is 0 Å². The van der Waals surface area contributed by atoms with E-state index in [0.717, 1.165) is 12.1 Å². The number of halogens is 1. The molecule has 6 nitrogen and oxygen atoms in total. The largest absolute Gasteiger partial charge is 1.00 e. The number of carbonyl (C=O) groups is 2. The van der Waals surface area contributed by atoms with Gasteiger partial charge in [0.05, 0.1) is 26.2 Å². The number of phenols is 1. The van der Waals surface area contributed by atoms with Crippen LogP contribution in [0.1, 0.15) is 47.2 Å². The zero-order chi connectivity index (χ0) is 18.2. The van der Waals surface area contributed by atoms with Gasteiger partial charge in [0, 0.05) is 36.7 Å². The number of amides is 1. The third-order valence-electron chi connectivity index (χ3n) is 7.04. The Hall–Kier alpha value is -1.44. The highest BCUT2D eigenvalue weighted by Crippen LogP contribution is 2.60. The van der Waals surface area contributed by atoms with E-state index in [1.807, 2.05) is 6.07 Å². The van der Waals surface area contributed by atoms with Crippen molar-refractivity contribution in [2.45, 2.75) is 49.2 Å². The number of rotatable bonds is 1. The molecule has 142 valence electrons. The smallest absolute Gasteiger partial charge is 0.252 e. The molecule has 1 saturated heterocycles. The summed E-state index contributed by atoms with van der Waals surface area (Å²) in [6.07, 6.45) is 2.18. The van der Waals surface area contributed by atoms with E-state index in [4.69, 9.17) is 5.73 Å². The minimum atomic E-state index is -1.07. The molecule has 1 saturated carbocycles. The minimum Gasteiger partial charge on any atom is -1.00 e. The molecule has 1 amide bonds. The number of hydrogen-bond acceptors (Lipinski definition) is 4. The number of nitrogens with zero attached hydrogens (tertiary/aromatic N) is 1. The summed E-state index contributed by atoms with van der Waals surface area (Å²) in [7, 11) is 4.23. The van der Waals surface area contributed by atoms with Crippen LogP contribution in [0.3, 0.4) is 0 Å². The maximum absolute atomic E-state index is 12.4. The van der Waals surface area contributed by atoms with Crippen molar-refractivity contribution in [1.82, 2.24) is 0 Å². The first kappa shape index (κ1) is 19.3. The molecule has 0 unspecified atom stereocenters. The van der Waals surface area contributed by atoms with Gasteiger partial charge in [-0.1, -0.05) is 6.07 Å². The molecule has 1 aliphatic heterocycles. The topological polar surface area (TPSA) is 101 Å². The molecule has 26 heavy (non-hydrogen) atoms. The Morgan fingerprint density at radius 1 is 1.31 bits per heavy atom. The van der Waals surface area contributed by atoms with E-state index in [2.05, 4.69) is 14.1 Å². The summed E-state index contributed by atoms with van der Waals surface area (Å²) >= 11 is 0. The fraction of sp³-hybridized carbons (Fsp3) is 0.579. The number of aromatic hydroxyl groups is 1. The van der Waals surface area contributed by atoms with E-state index in [1.54, 1.807) is 6.07 Å². The van der Waals surface area contributed by atoms with Crippen LogP contribution in [-0.4, -0.2) is 58.7 Å². The first-order chi connectivity index (χ1) is 11.6. The van der Waals surface area contributed by atoms with Gasteiger partial charge in [-0.2, -0.15) is 0 Å². The average Bonchev–Trinajstić information content (AvgIpc) is 2.52. The Morgan fingerprint density at radius 2 is 2.00 bits per heavy atom. The Kier molecular flexibility index (Phi) is 4.29. The maximum atomic E-state index is 12.4. The summed E-state index contributed by atoms with van der Waals surface area (Å²) < 4.78 is 0.685. The number of ketones is 1. The highest BCUT2D eigenvalue weighted by Gasteiger charge is 2.69. The van der Waals surface area contributed by atoms with Gasteiger partial charge in [-0.3, -0.25) is 9.59 Å². The molecule has 2 aliphatic carbocycles. The van der Waals surface area contributed by atoms with Crippen molar-refractivity contribution >= 4 is 11.7 Å². The monoisotopic (exact) mass is 424 g/mol. The molecule has 2 fully saturated rings. The highest BCUT2D eigenvalue weighted by atomic mass is 79.9. The Labute approximate surface area is 163 Å². The first-order valence-corrected chi connectivity index (χ1v) is 8.84. The fourth-order valence-electron chi connectivity index (χ4n) is 5.74. The predicted octanol–water partition coefficient (Wildman–Crippen LogP) is -2.38. The Morgan fingerprint density at radius 3 is 2.65 bits per heavy atom. The van der Waals surface area contributed by atoms with Crippen molar-refractivity contribution < 1.29 is 41.3 Å². The molecular weight excluding hydrogens is 400 g/mol. The summed E-state index contributed by atoms with van der Waals surface area (Å²) in [6.45, 7) is 0.805.